The van der Waals surface area contributed by atoms with Crippen LogP contribution in [0.4, 0.5) is 5.69 Å². The number of benzene rings is 2. The molecule has 1 fully saturated rings. The van der Waals surface area contributed by atoms with Crippen LogP contribution in [0.15, 0.2) is 47.5 Å². The SMILES string of the molecule is CN=C(NCCc1ccc(OC)c(OC)c1)NCC1CCN(c2cccc(OC)c2)C1. The Morgan fingerprint density at radius 1 is 1.03 bits per heavy atom. The minimum absolute atomic E-state index is 0.579. The molecule has 1 unspecified atom stereocenters. The highest BCUT2D eigenvalue weighted by Crippen LogP contribution is 2.28. The first-order valence-electron chi connectivity index (χ1n) is 10.7. The van der Waals surface area contributed by atoms with Gasteiger partial charge in [-0.25, -0.2) is 0 Å². The molecule has 31 heavy (non-hydrogen) atoms. The third-order valence-electron chi connectivity index (χ3n) is 5.64. The molecule has 0 aliphatic carbocycles. The van der Waals surface area contributed by atoms with Gasteiger partial charge in [0, 0.05) is 45.0 Å². The van der Waals surface area contributed by atoms with E-state index in [1.165, 1.54) is 11.3 Å². The zero-order valence-corrected chi connectivity index (χ0v) is 19.0. The van der Waals surface area contributed by atoms with Gasteiger partial charge >= 0.3 is 0 Å². The van der Waals surface area contributed by atoms with Crippen LogP contribution in [0.5, 0.6) is 17.2 Å². The normalized spacial score (nSPS) is 16.2. The molecule has 7 heteroatoms. The topological polar surface area (TPSA) is 67.4 Å². The molecule has 0 spiro atoms. The number of methoxy groups -OCH3 is 3. The van der Waals surface area contributed by atoms with Gasteiger partial charge in [-0.05, 0) is 48.6 Å². The number of rotatable bonds is 9. The number of nitrogens with zero attached hydrogens (tertiary/aromatic N) is 2. The molecular formula is C24H34N4O3. The molecule has 1 aliphatic rings. The Balaban J connectivity index is 1.43. The molecular weight excluding hydrogens is 392 g/mol. The van der Waals surface area contributed by atoms with Gasteiger partial charge in [-0.15, -0.1) is 0 Å². The lowest BCUT2D eigenvalue weighted by Crippen LogP contribution is -2.41. The second kappa shape index (κ2) is 11.3. The second-order valence-electron chi connectivity index (χ2n) is 7.62. The van der Waals surface area contributed by atoms with Crippen LogP contribution in [0.3, 0.4) is 0 Å². The Hall–Kier alpha value is -3.09. The molecule has 7 nitrogen and oxygen atoms in total. The molecule has 2 aromatic carbocycles. The van der Waals surface area contributed by atoms with Gasteiger partial charge in [0.1, 0.15) is 5.75 Å². The molecule has 1 heterocycles. The van der Waals surface area contributed by atoms with Crippen molar-refractivity contribution in [3.63, 3.8) is 0 Å². The van der Waals surface area contributed by atoms with Crippen LogP contribution in [-0.4, -0.2) is 60.5 Å². The van der Waals surface area contributed by atoms with Gasteiger partial charge < -0.3 is 29.7 Å². The number of ether oxygens (including phenoxy) is 3. The molecule has 0 aromatic heterocycles. The third kappa shape index (κ3) is 6.20. The molecule has 1 aliphatic heterocycles. The van der Waals surface area contributed by atoms with E-state index in [4.69, 9.17) is 14.2 Å². The van der Waals surface area contributed by atoms with E-state index in [0.717, 1.165) is 62.2 Å². The monoisotopic (exact) mass is 426 g/mol. The summed E-state index contributed by atoms with van der Waals surface area (Å²) in [5.74, 6) is 3.81. The maximum absolute atomic E-state index is 5.38. The Morgan fingerprint density at radius 2 is 1.87 bits per heavy atom. The number of aliphatic imine (C=N–C) groups is 1. The highest BCUT2D eigenvalue weighted by Gasteiger charge is 2.23. The van der Waals surface area contributed by atoms with E-state index >= 15 is 0 Å². The summed E-state index contributed by atoms with van der Waals surface area (Å²) in [5, 5.41) is 6.88. The molecule has 0 saturated carbocycles. The Morgan fingerprint density at radius 3 is 2.61 bits per heavy atom. The quantitative estimate of drug-likeness (QED) is 0.475. The number of hydrogen-bond donors (Lipinski definition) is 2. The molecule has 168 valence electrons. The summed E-state index contributed by atoms with van der Waals surface area (Å²) in [5.41, 5.74) is 2.41. The first-order valence-corrected chi connectivity index (χ1v) is 10.7. The van der Waals surface area contributed by atoms with Crippen molar-refractivity contribution in [3.8, 4) is 17.2 Å². The van der Waals surface area contributed by atoms with Crippen molar-refractivity contribution < 1.29 is 14.2 Å². The Kier molecular flexibility index (Phi) is 8.27. The number of anilines is 1. The van der Waals surface area contributed by atoms with E-state index in [-0.39, 0.29) is 0 Å². The number of guanidine groups is 1. The van der Waals surface area contributed by atoms with Gasteiger partial charge in [-0.3, -0.25) is 4.99 Å². The fraction of sp³-hybridized carbons (Fsp3) is 0.458. The summed E-state index contributed by atoms with van der Waals surface area (Å²) >= 11 is 0. The van der Waals surface area contributed by atoms with Crippen molar-refractivity contribution in [3.05, 3.63) is 48.0 Å². The third-order valence-corrected chi connectivity index (χ3v) is 5.64. The van der Waals surface area contributed by atoms with Crippen LogP contribution in [0.2, 0.25) is 0 Å². The minimum Gasteiger partial charge on any atom is -0.497 e. The van der Waals surface area contributed by atoms with E-state index in [1.54, 1.807) is 21.3 Å². The lowest BCUT2D eigenvalue weighted by atomic mass is 10.1. The summed E-state index contributed by atoms with van der Waals surface area (Å²) in [4.78, 5) is 6.78. The predicted octanol–water partition coefficient (Wildman–Crippen LogP) is 2.95. The molecule has 2 aromatic rings. The van der Waals surface area contributed by atoms with Crippen molar-refractivity contribution in [1.82, 2.24) is 10.6 Å². The van der Waals surface area contributed by atoms with E-state index < -0.39 is 0 Å². The van der Waals surface area contributed by atoms with E-state index in [9.17, 15) is 0 Å². The molecule has 1 atom stereocenters. The van der Waals surface area contributed by atoms with E-state index in [2.05, 4.69) is 38.7 Å². The molecule has 1 saturated heterocycles. The average molecular weight is 427 g/mol. The van der Waals surface area contributed by atoms with Gasteiger partial charge in [-0.2, -0.15) is 0 Å². The molecule has 2 N–H and O–H groups in total. The standard InChI is InChI=1S/C24H34N4O3/c1-25-24(26-12-10-18-8-9-22(30-3)23(14-18)31-4)27-16-19-11-13-28(17-19)20-6-5-7-21(15-20)29-2/h5-9,14-15,19H,10-13,16-17H2,1-4H3,(H2,25,26,27). The molecule has 0 radical (unpaired) electrons. The fourth-order valence-corrected chi connectivity index (χ4v) is 3.86. The lowest BCUT2D eigenvalue weighted by molar-refractivity contribution is 0.354. The minimum atomic E-state index is 0.579. The first kappa shape index (κ1) is 22.6. The average Bonchev–Trinajstić information content (AvgIpc) is 3.30. The summed E-state index contributed by atoms with van der Waals surface area (Å²) < 4.78 is 16.0. The first-order chi connectivity index (χ1) is 15.2. The Bertz CT molecular complexity index is 872. The zero-order chi connectivity index (χ0) is 22.1. The van der Waals surface area contributed by atoms with Crippen LogP contribution in [0, 0.1) is 5.92 Å². The summed E-state index contributed by atoms with van der Waals surface area (Å²) in [6, 6.07) is 14.3. The maximum atomic E-state index is 5.38. The van der Waals surface area contributed by atoms with Gasteiger partial charge in [0.15, 0.2) is 17.5 Å². The largest absolute Gasteiger partial charge is 0.497 e. The van der Waals surface area contributed by atoms with Crippen molar-refractivity contribution >= 4 is 11.6 Å². The van der Waals surface area contributed by atoms with E-state index in [0.29, 0.717) is 5.92 Å². The highest BCUT2D eigenvalue weighted by atomic mass is 16.5. The van der Waals surface area contributed by atoms with Gasteiger partial charge in [0.05, 0.1) is 21.3 Å². The number of nitrogens with one attached hydrogen (secondary N) is 2. The van der Waals surface area contributed by atoms with Crippen LogP contribution < -0.4 is 29.7 Å². The van der Waals surface area contributed by atoms with Crippen molar-refractivity contribution in [1.29, 1.82) is 0 Å². The van der Waals surface area contributed by atoms with Crippen molar-refractivity contribution in [2.45, 2.75) is 12.8 Å². The predicted molar refractivity (Wildman–Crippen MR) is 126 cm³/mol. The molecule has 0 bridgehead atoms. The van der Waals surface area contributed by atoms with Gasteiger partial charge in [0.2, 0.25) is 0 Å². The number of hydrogen-bond acceptors (Lipinski definition) is 5. The maximum Gasteiger partial charge on any atom is 0.190 e. The van der Waals surface area contributed by atoms with Gasteiger partial charge in [-0.1, -0.05) is 12.1 Å². The fourth-order valence-electron chi connectivity index (χ4n) is 3.86. The van der Waals surface area contributed by atoms with E-state index in [1.807, 2.05) is 31.3 Å². The summed E-state index contributed by atoms with van der Waals surface area (Å²) in [6.45, 7) is 3.78. The van der Waals surface area contributed by atoms with Crippen molar-refractivity contribution in [2.24, 2.45) is 10.9 Å². The highest BCUT2D eigenvalue weighted by molar-refractivity contribution is 5.79. The molecule has 0 amide bonds. The van der Waals surface area contributed by atoms with Crippen molar-refractivity contribution in [2.75, 3.05) is 59.5 Å². The summed E-state index contributed by atoms with van der Waals surface area (Å²) in [7, 11) is 6.82. The smallest absolute Gasteiger partial charge is 0.190 e. The van der Waals surface area contributed by atoms with Gasteiger partial charge in [0.25, 0.3) is 0 Å². The van der Waals surface area contributed by atoms with Crippen LogP contribution in [0.1, 0.15) is 12.0 Å². The van der Waals surface area contributed by atoms with Crippen LogP contribution in [-0.2, 0) is 6.42 Å². The molecule has 3 rings (SSSR count). The second-order valence-corrected chi connectivity index (χ2v) is 7.62. The van der Waals surface area contributed by atoms with Crippen LogP contribution >= 0.6 is 0 Å². The zero-order valence-electron chi connectivity index (χ0n) is 19.0. The Labute approximate surface area is 185 Å². The summed E-state index contributed by atoms with van der Waals surface area (Å²) in [6.07, 6.45) is 2.03. The van der Waals surface area contributed by atoms with Crippen LogP contribution in [0.25, 0.3) is 0 Å². The lowest BCUT2D eigenvalue weighted by Gasteiger charge is -2.20.